The fraction of sp³-hybridized carbons (Fsp3) is 0.462. The normalized spacial score (nSPS) is 31.2. The van der Waals surface area contributed by atoms with E-state index < -0.39 is 32.2 Å². The Labute approximate surface area is 159 Å². The first-order valence-corrected chi connectivity index (χ1v) is 7.10. The molecule has 0 amide bonds. The lowest BCUT2D eigenvalue weighted by atomic mass is 9.05. The Bertz CT molecular complexity index is 676. The summed E-state index contributed by atoms with van der Waals surface area (Å²) in [7, 11) is 47.4. The van der Waals surface area contributed by atoms with Crippen LogP contribution in [0.2, 0.25) is 20.9 Å². The number of rotatable bonds is 2. The third-order valence-corrected chi connectivity index (χ3v) is 5.02. The summed E-state index contributed by atoms with van der Waals surface area (Å²) >= 11 is 6.11. The Balaban J connectivity index is 3.97. The molecule has 1 atom stereocenters. The summed E-state index contributed by atoms with van der Waals surface area (Å²) in [5.41, 5.74) is 3.71. The molecule has 2 nitrogen and oxygen atoms in total. The van der Waals surface area contributed by atoms with Gasteiger partial charge in [0, 0.05) is 10.6 Å². The van der Waals surface area contributed by atoms with E-state index in [1.165, 1.54) is 6.08 Å². The van der Waals surface area contributed by atoms with Crippen LogP contribution in [0.5, 0.6) is 0 Å². The second-order valence-corrected chi connectivity index (χ2v) is 6.38. The van der Waals surface area contributed by atoms with Gasteiger partial charge < -0.3 is 5.73 Å². The van der Waals surface area contributed by atoms with E-state index in [-0.39, 0.29) is 10.6 Å². The van der Waals surface area contributed by atoms with Gasteiger partial charge in [0.05, 0.1) is 68.3 Å². The number of hydrogen-bond acceptors (Lipinski definition) is 2. The van der Waals surface area contributed by atoms with Gasteiger partial charge in [-0.15, -0.1) is 16.9 Å². The summed E-state index contributed by atoms with van der Waals surface area (Å²) < 4.78 is 0. The number of halogens is 1. The summed E-state index contributed by atoms with van der Waals surface area (Å²) in [6.45, 7) is 1.56. The van der Waals surface area contributed by atoms with Gasteiger partial charge in [0.15, 0.2) is 0 Å². The van der Waals surface area contributed by atoms with Crippen molar-refractivity contribution >= 4 is 80.2 Å². The lowest BCUT2D eigenvalue weighted by molar-refractivity contribution is -0.126. The summed E-state index contributed by atoms with van der Waals surface area (Å²) in [5.74, 6) is 1.06. The molecule has 1 saturated carbocycles. The molecule has 11 heteroatoms. The highest BCUT2D eigenvalue weighted by Gasteiger charge is 2.68. The van der Waals surface area contributed by atoms with Gasteiger partial charge in [-0.05, 0) is 13.0 Å². The van der Waals surface area contributed by atoms with Gasteiger partial charge in [-0.3, -0.25) is 4.79 Å². The minimum atomic E-state index is -2.49. The minimum Gasteiger partial charge on any atom is -0.316 e. The minimum absolute atomic E-state index is 0.0304. The Morgan fingerprint density at radius 3 is 1.92 bits per heavy atom. The van der Waals surface area contributed by atoms with E-state index in [1.807, 2.05) is 0 Å². The lowest BCUT2D eigenvalue weighted by Crippen LogP contribution is -2.74. The van der Waals surface area contributed by atoms with Crippen molar-refractivity contribution in [2.45, 2.75) is 33.3 Å². The number of carbonyl (C=O) groups excluding carboxylic acids is 1. The highest BCUT2D eigenvalue weighted by molar-refractivity contribution is 6.72. The number of nitrogens with two attached hydrogens (primary N) is 1. The fourth-order valence-corrected chi connectivity index (χ4v) is 2.87. The fourth-order valence-electron chi connectivity index (χ4n) is 2.67. The topological polar surface area (TPSA) is 43.1 Å². The smallest absolute Gasteiger partial charge is 0.144 e. The van der Waals surface area contributed by atoms with E-state index in [1.54, 1.807) is 6.92 Å². The average molecular weight is 316 g/mol. The molecule has 1 aliphatic carbocycles. The molecule has 1 unspecified atom stereocenters. The molecule has 2 N–H and O–H groups in total. The Morgan fingerprint density at radius 1 is 1.08 bits per heavy atom. The van der Waals surface area contributed by atoms with Crippen LogP contribution in [-0.4, -0.2) is 74.1 Å². The highest BCUT2D eigenvalue weighted by atomic mass is 35.5. The van der Waals surface area contributed by atoms with Gasteiger partial charge in [0.25, 0.3) is 0 Å². The molecule has 0 spiro atoms. The summed E-state index contributed by atoms with van der Waals surface area (Å²) in [4.78, 5) is 13.0. The molecule has 102 valence electrons. The van der Waals surface area contributed by atoms with Crippen LogP contribution < -0.4 is 5.73 Å². The van der Waals surface area contributed by atoms with Crippen molar-refractivity contribution in [2.75, 3.05) is 0 Å². The third kappa shape index (κ3) is 2.31. The van der Waals surface area contributed by atoms with Crippen LogP contribution in [0.1, 0.15) is 6.92 Å². The van der Waals surface area contributed by atoms with Gasteiger partial charge >= 0.3 is 0 Å². The van der Waals surface area contributed by atoms with Crippen molar-refractivity contribution in [3.8, 4) is 12.3 Å². The van der Waals surface area contributed by atoms with Crippen LogP contribution in [0.25, 0.3) is 0 Å². The Morgan fingerprint density at radius 2 is 1.54 bits per heavy atom. The number of Topliss-reactive ketones (excluding diaryl/α,β-unsaturated/α-hetero) is 1. The Kier molecular flexibility index (Phi) is 5.41. The molecule has 0 saturated heterocycles. The maximum Gasteiger partial charge on any atom is 0.144 e. The zero-order valence-corrected chi connectivity index (χ0v) is 14.0. The zero-order valence-electron chi connectivity index (χ0n) is 13.2. The number of carbonyl (C=O) groups is 1. The van der Waals surface area contributed by atoms with E-state index in [2.05, 4.69) is 5.92 Å². The first-order chi connectivity index (χ1) is 10.6. The van der Waals surface area contributed by atoms with Crippen LogP contribution >= 0.6 is 11.6 Å². The molecule has 0 bridgehead atoms. The van der Waals surface area contributed by atoms with Crippen molar-refractivity contribution in [3.05, 3.63) is 22.8 Å². The molecular formula is C13H8B8ClNO. The van der Waals surface area contributed by atoms with Gasteiger partial charge in [0.2, 0.25) is 0 Å². The SMILES string of the molecule is [B]C1([B])C(=O)C(N)(C(=C/C#C)/C(Cl)=C\C)C([B])([B])C([B])([B])C1([B])[B]. The monoisotopic (exact) mass is 317 g/mol. The first-order valence-electron chi connectivity index (χ1n) is 6.72. The second-order valence-electron chi connectivity index (χ2n) is 5.97. The maximum atomic E-state index is 13.0. The molecule has 1 fully saturated rings. The molecule has 0 aromatic rings. The summed E-state index contributed by atoms with van der Waals surface area (Å²) in [5, 5.41) is -9.75. The lowest BCUT2D eigenvalue weighted by Gasteiger charge is -2.72. The molecule has 1 rings (SSSR count). The predicted octanol–water partition coefficient (Wildman–Crippen LogP) is -1.22. The first kappa shape index (κ1) is 21.5. The van der Waals surface area contributed by atoms with E-state index in [0.29, 0.717) is 0 Å². The standard InChI is InChI=1S/C13H8B8ClNO/c1-3-5-6(7(22)4-2)9(23)8(24)10(14,15)12(18,19)13(20,21)11(9,16)17/h1,4-5H,23H2,2H3/b6-5+,7-4+. The van der Waals surface area contributed by atoms with Crippen LogP contribution in [0.4, 0.5) is 0 Å². The van der Waals surface area contributed by atoms with E-state index in [9.17, 15) is 4.79 Å². The van der Waals surface area contributed by atoms with Crippen LogP contribution in [0.15, 0.2) is 22.8 Å². The van der Waals surface area contributed by atoms with E-state index in [4.69, 9.17) is 86.5 Å². The molecule has 1 aliphatic rings. The molecule has 0 aliphatic heterocycles. The third-order valence-electron chi connectivity index (χ3n) is 4.60. The Hall–Kier alpha value is -0.521. The molecule has 0 heterocycles. The number of ketones is 1. The largest absolute Gasteiger partial charge is 0.316 e. The van der Waals surface area contributed by atoms with Crippen LogP contribution in [0, 0.1) is 12.3 Å². The molecular weight excluding hydrogens is 308 g/mol. The maximum absolute atomic E-state index is 13.0. The van der Waals surface area contributed by atoms with Crippen molar-refractivity contribution in [1.29, 1.82) is 0 Å². The average Bonchev–Trinajstić information content (AvgIpc) is 2.48. The zero-order chi connectivity index (χ0) is 19.4. The van der Waals surface area contributed by atoms with Gasteiger partial charge in [-0.25, -0.2) is 0 Å². The van der Waals surface area contributed by atoms with E-state index in [0.717, 1.165) is 6.08 Å². The number of terminal acetylenes is 1. The van der Waals surface area contributed by atoms with Crippen LogP contribution in [-0.2, 0) is 4.79 Å². The van der Waals surface area contributed by atoms with E-state index >= 15 is 0 Å². The van der Waals surface area contributed by atoms with Crippen LogP contribution in [0.3, 0.4) is 0 Å². The molecule has 24 heavy (non-hydrogen) atoms. The summed E-state index contributed by atoms with van der Waals surface area (Å²) in [6.07, 6.45) is 7.76. The number of hydrogen-bond donors (Lipinski definition) is 1. The van der Waals surface area contributed by atoms with Crippen molar-refractivity contribution in [3.63, 3.8) is 0 Å². The highest BCUT2D eigenvalue weighted by Crippen LogP contribution is 2.73. The van der Waals surface area contributed by atoms with Crippen molar-refractivity contribution in [2.24, 2.45) is 5.73 Å². The molecule has 0 aromatic heterocycles. The van der Waals surface area contributed by atoms with Crippen molar-refractivity contribution < 1.29 is 4.79 Å². The second kappa shape index (κ2) is 6.03. The quantitative estimate of drug-likeness (QED) is 0.394. The molecule has 16 radical (unpaired) electrons. The van der Waals surface area contributed by atoms with Gasteiger partial charge in [-0.1, -0.05) is 34.0 Å². The number of allylic oxidation sites excluding steroid dienone is 2. The van der Waals surface area contributed by atoms with Crippen molar-refractivity contribution in [1.82, 2.24) is 0 Å². The predicted molar refractivity (Wildman–Crippen MR) is 105 cm³/mol. The van der Waals surface area contributed by atoms with Gasteiger partial charge in [0.1, 0.15) is 5.78 Å². The molecule has 0 aromatic carbocycles. The van der Waals surface area contributed by atoms with Gasteiger partial charge in [-0.2, -0.15) is 0 Å². The summed E-state index contributed by atoms with van der Waals surface area (Å²) in [6, 6.07) is 0.